The molecule has 1 N–H and O–H groups in total. The zero-order valence-corrected chi connectivity index (χ0v) is 7.97. The molecule has 0 aliphatic rings. The highest BCUT2D eigenvalue weighted by Gasteiger charge is 2.27. The molecule has 0 aliphatic heterocycles. The molecule has 0 atom stereocenters. The number of halogens is 3. The Bertz CT molecular complexity index is 162. The van der Waals surface area contributed by atoms with Crippen LogP contribution in [0.5, 0.6) is 0 Å². The molecule has 0 unspecified atom stereocenters. The van der Waals surface area contributed by atoms with E-state index >= 15 is 0 Å². The lowest BCUT2D eigenvalue weighted by Gasteiger charge is -2.05. The van der Waals surface area contributed by atoms with Crippen LogP contribution in [0.15, 0.2) is 0 Å². The van der Waals surface area contributed by atoms with Gasteiger partial charge in [0.1, 0.15) is 0 Å². The first-order valence-corrected chi connectivity index (χ1v) is 4.89. The quantitative estimate of drug-likeness (QED) is 0.534. The van der Waals surface area contributed by atoms with Crippen LogP contribution in [0.4, 0.5) is 13.2 Å². The average molecular weight is 211 g/mol. The smallest absolute Gasteiger partial charge is 0.316 e. The molecule has 0 fully saturated rings. The summed E-state index contributed by atoms with van der Waals surface area (Å²) in [6.07, 6.45) is 6.47. The van der Waals surface area contributed by atoms with Gasteiger partial charge in [0.05, 0.1) is 0 Å². The van der Waals surface area contributed by atoms with Gasteiger partial charge in [0.25, 0.3) is 0 Å². The number of terminal acetylenes is 1. The molecule has 0 aromatic carbocycles. The fraction of sp³-hybridized carbons (Fsp3) is 0.750. The number of alkyl halides is 3. The average Bonchev–Trinajstić information content (AvgIpc) is 2.01. The van der Waals surface area contributed by atoms with Crippen molar-refractivity contribution in [3.63, 3.8) is 0 Å². The molecule has 1 nitrogen and oxygen atoms in total. The SMILES string of the molecule is C#CCCCNCCSC(F)(F)F. The van der Waals surface area contributed by atoms with Crippen LogP contribution < -0.4 is 5.32 Å². The van der Waals surface area contributed by atoms with Crippen molar-refractivity contribution in [3.8, 4) is 12.3 Å². The number of hydrogen-bond donors (Lipinski definition) is 1. The van der Waals surface area contributed by atoms with Crippen LogP contribution in [0, 0.1) is 12.3 Å². The van der Waals surface area contributed by atoms with Gasteiger partial charge in [0.15, 0.2) is 0 Å². The lowest BCUT2D eigenvalue weighted by Crippen LogP contribution is -2.19. The van der Waals surface area contributed by atoms with Crippen LogP contribution in [0.1, 0.15) is 12.8 Å². The van der Waals surface area contributed by atoms with Crippen LogP contribution in [0.2, 0.25) is 0 Å². The van der Waals surface area contributed by atoms with Gasteiger partial charge in [0.2, 0.25) is 0 Å². The van der Waals surface area contributed by atoms with Crippen molar-refractivity contribution in [1.29, 1.82) is 0 Å². The fourth-order valence-corrected chi connectivity index (χ4v) is 1.16. The minimum absolute atomic E-state index is 0.00546. The first-order chi connectivity index (χ1) is 6.06. The maximum atomic E-state index is 11.6. The number of hydrogen-bond acceptors (Lipinski definition) is 2. The molecule has 0 aromatic heterocycles. The molecular formula is C8H12F3NS. The number of unbranched alkanes of at least 4 members (excludes halogenated alkanes) is 1. The highest BCUT2D eigenvalue weighted by molar-refractivity contribution is 8.00. The molecule has 5 heteroatoms. The van der Waals surface area contributed by atoms with Gasteiger partial charge >= 0.3 is 5.51 Å². The Morgan fingerprint density at radius 3 is 2.54 bits per heavy atom. The van der Waals surface area contributed by atoms with E-state index in [1.165, 1.54) is 0 Å². The predicted octanol–water partition coefficient (Wildman–Crippen LogP) is 2.24. The largest absolute Gasteiger partial charge is 0.441 e. The molecule has 76 valence electrons. The summed E-state index contributed by atoms with van der Waals surface area (Å²) in [5, 5.41) is 2.88. The van der Waals surface area contributed by atoms with E-state index in [9.17, 15) is 13.2 Å². The van der Waals surface area contributed by atoms with Gasteiger partial charge < -0.3 is 5.32 Å². The molecule has 0 saturated carbocycles. The summed E-state index contributed by atoms with van der Waals surface area (Å²) in [5.41, 5.74) is -4.11. The van der Waals surface area contributed by atoms with Crippen LogP contribution in [0.25, 0.3) is 0 Å². The van der Waals surface area contributed by atoms with Gasteiger partial charge in [-0.25, -0.2) is 0 Å². The van der Waals surface area contributed by atoms with Crippen molar-refractivity contribution in [2.75, 3.05) is 18.8 Å². The maximum Gasteiger partial charge on any atom is 0.441 e. The summed E-state index contributed by atoms with van der Waals surface area (Å²) < 4.78 is 34.8. The second-order valence-corrected chi connectivity index (χ2v) is 3.51. The van der Waals surface area contributed by atoms with Crippen molar-refractivity contribution in [3.05, 3.63) is 0 Å². The van der Waals surface area contributed by atoms with Gasteiger partial charge in [-0.15, -0.1) is 12.3 Å². The van der Waals surface area contributed by atoms with Crippen molar-refractivity contribution in [2.24, 2.45) is 0 Å². The van der Waals surface area contributed by atoms with E-state index in [0.29, 0.717) is 19.5 Å². The normalized spacial score (nSPS) is 11.2. The van der Waals surface area contributed by atoms with Gasteiger partial charge in [-0.2, -0.15) is 13.2 Å². The highest BCUT2D eigenvalue weighted by atomic mass is 32.2. The van der Waals surface area contributed by atoms with E-state index in [1.807, 2.05) is 0 Å². The van der Waals surface area contributed by atoms with Gasteiger partial charge in [-0.1, -0.05) is 0 Å². The topological polar surface area (TPSA) is 12.0 Å². The molecule has 0 bridgehead atoms. The second-order valence-electron chi connectivity index (χ2n) is 2.35. The maximum absolute atomic E-state index is 11.6. The van der Waals surface area contributed by atoms with Crippen LogP contribution in [-0.2, 0) is 0 Å². The minimum atomic E-state index is -4.11. The molecule has 0 amide bonds. The number of thioether (sulfide) groups is 1. The van der Waals surface area contributed by atoms with E-state index in [2.05, 4.69) is 11.2 Å². The summed E-state index contributed by atoms with van der Waals surface area (Å²) in [5.74, 6) is 2.51. The van der Waals surface area contributed by atoms with Crippen LogP contribution in [0.3, 0.4) is 0 Å². The van der Waals surface area contributed by atoms with E-state index in [0.717, 1.165) is 6.42 Å². The third kappa shape index (κ3) is 11.7. The molecule has 0 radical (unpaired) electrons. The first-order valence-electron chi connectivity index (χ1n) is 3.91. The lowest BCUT2D eigenvalue weighted by atomic mass is 10.3. The van der Waals surface area contributed by atoms with E-state index in [4.69, 9.17) is 6.42 Å². The molecule has 0 aromatic rings. The Morgan fingerprint density at radius 1 is 1.31 bits per heavy atom. The van der Waals surface area contributed by atoms with Crippen molar-refractivity contribution in [1.82, 2.24) is 5.32 Å². The third-order valence-corrected chi connectivity index (χ3v) is 1.95. The predicted molar refractivity (Wildman–Crippen MR) is 49.4 cm³/mol. The molecule has 0 heterocycles. The zero-order chi connectivity index (χ0) is 10.2. The standard InChI is InChI=1S/C8H12F3NS/c1-2-3-4-5-12-6-7-13-8(9,10)11/h1,12H,3-7H2. The van der Waals surface area contributed by atoms with Crippen molar-refractivity contribution in [2.45, 2.75) is 18.3 Å². The minimum Gasteiger partial charge on any atom is -0.316 e. The molecule has 13 heavy (non-hydrogen) atoms. The molecular weight excluding hydrogens is 199 g/mol. The highest BCUT2D eigenvalue weighted by Crippen LogP contribution is 2.29. The van der Waals surface area contributed by atoms with Crippen molar-refractivity contribution >= 4 is 11.8 Å². The van der Waals surface area contributed by atoms with Gasteiger partial charge in [0, 0.05) is 18.7 Å². The number of nitrogens with one attached hydrogen (secondary N) is 1. The monoisotopic (exact) mass is 211 g/mol. The number of rotatable bonds is 6. The van der Waals surface area contributed by atoms with Crippen LogP contribution >= 0.6 is 11.8 Å². The van der Waals surface area contributed by atoms with Crippen molar-refractivity contribution < 1.29 is 13.2 Å². The van der Waals surface area contributed by atoms with Crippen LogP contribution in [-0.4, -0.2) is 24.4 Å². The Labute approximate surface area is 80.5 Å². The lowest BCUT2D eigenvalue weighted by molar-refractivity contribution is -0.0327. The Hall–Kier alpha value is -0.340. The molecule has 0 rings (SSSR count). The summed E-state index contributed by atoms with van der Waals surface area (Å²) >= 11 is -0.00546. The van der Waals surface area contributed by atoms with Gasteiger partial charge in [-0.05, 0) is 24.7 Å². The zero-order valence-electron chi connectivity index (χ0n) is 7.16. The second kappa shape index (κ2) is 7.10. The fourth-order valence-electron chi connectivity index (χ4n) is 0.679. The first kappa shape index (κ1) is 12.7. The summed E-state index contributed by atoms with van der Waals surface area (Å²) in [7, 11) is 0. The third-order valence-electron chi connectivity index (χ3n) is 1.22. The van der Waals surface area contributed by atoms with Gasteiger partial charge in [-0.3, -0.25) is 0 Å². The van der Waals surface area contributed by atoms with E-state index in [1.54, 1.807) is 0 Å². The Kier molecular flexibility index (Phi) is 6.92. The summed E-state index contributed by atoms with van der Waals surface area (Å²) in [4.78, 5) is 0. The Morgan fingerprint density at radius 2 is 2.00 bits per heavy atom. The Balaban J connectivity index is 3.05. The van der Waals surface area contributed by atoms with E-state index < -0.39 is 5.51 Å². The molecule has 0 aliphatic carbocycles. The molecule has 0 spiro atoms. The van der Waals surface area contributed by atoms with E-state index in [-0.39, 0.29) is 17.5 Å². The summed E-state index contributed by atoms with van der Waals surface area (Å²) in [6.45, 7) is 1.05. The summed E-state index contributed by atoms with van der Waals surface area (Å²) in [6, 6.07) is 0. The molecule has 0 saturated heterocycles.